The first-order valence-electron chi connectivity index (χ1n) is 8.63. The number of pyridine rings is 1. The molecule has 0 radical (unpaired) electrons. The van der Waals surface area contributed by atoms with E-state index in [1.165, 1.54) is 0 Å². The lowest BCUT2D eigenvalue weighted by Crippen LogP contribution is -2.09. The Morgan fingerprint density at radius 2 is 1.82 bits per heavy atom. The molecule has 0 aliphatic carbocycles. The van der Waals surface area contributed by atoms with E-state index in [4.69, 9.17) is 4.74 Å². The number of benzene rings is 2. The topological polar surface area (TPSA) is 84.1 Å². The van der Waals surface area contributed by atoms with Crippen molar-refractivity contribution in [2.24, 2.45) is 0 Å². The van der Waals surface area contributed by atoms with Crippen molar-refractivity contribution in [1.82, 2.24) is 9.97 Å². The number of hydrogen-bond acceptors (Lipinski definition) is 4. The average Bonchev–Trinajstić information content (AvgIpc) is 3.10. The number of nitrogens with zero attached hydrogens (tertiary/aromatic N) is 1. The molecule has 4 aromatic rings. The number of H-pyrrole nitrogens is 1. The zero-order chi connectivity index (χ0) is 19.7. The number of anilines is 1. The van der Waals surface area contributed by atoms with Crippen LogP contribution in [0.5, 0.6) is 5.75 Å². The van der Waals surface area contributed by atoms with Crippen LogP contribution in [-0.2, 0) is 10.0 Å². The Morgan fingerprint density at radius 3 is 2.61 bits per heavy atom. The van der Waals surface area contributed by atoms with Crippen LogP contribution in [0.2, 0.25) is 0 Å². The predicted molar refractivity (Wildman–Crippen MR) is 112 cm³/mol. The van der Waals surface area contributed by atoms with E-state index in [9.17, 15) is 8.42 Å². The fraction of sp³-hybridized carbons (Fsp3) is 0.0952. The first kappa shape index (κ1) is 18.1. The number of fused-ring (bicyclic) bond motifs is 1. The molecule has 0 unspecified atom stereocenters. The lowest BCUT2D eigenvalue weighted by atomic mass is 10.0. The summed E-state index contributed by atoms with van der Waals surface area (Å²) in [4.78, 5) is 7.73. The number of hydrogen-bond donors (Lipinski definition) is 2. The monoisotopic (exact) mass is 393 g/mol. The normalized spacial score (nSPS) is 11.5. The minimum Gasteiger partial charge on any atom is -0.496 e. The van der Waals surface area contributed by atoms with Crippen LogP contribution < -0.4 is 9.46 Å². The van der Waals surface area contributed by atoms with Gasteiger partial charge in [0.2, 0.25) is 10.0 Å². The molecular weight excluding hydrogens is 374 g/mol. The molecule has 28 heavy (non-hydrogen) atoms. The van der Waals surface area contributed by atoms with Crippen LogP contribution in [0.15, 0.2) is 67.0 Å². The molecule has 0 bridgehead atoms. The highest BCUT2D eigenvalue weighted by Crippen LogP contribution is 2.36. The summed E-state index contributed by atoms with van der Waals surface area (Å²) in [5.74, 6) is 0.785. The van der Waals surface area contributed by atoms with Crippen LogP contribution in [-0.4, -0.2) is 31.8 Å². The average molecular weight is 393 g/mol. The van der Waals surface area contributed by atoms with Gasteiger partial charge in [0.05, 0.1) is 13.4 Å². The number of aromatic nitrogens is 2. The largest absolute Gasteiger partial charge is 0.496 e. The molecule has 0 amide bonds. The maximum absolute atomic E-state index is 11.5. The van der Waals surface area contributed by atoms with E-state index < -0.39 is 10.0 Å². The summed E-state index contributed by atoms with van der Waals surface area (Å²) >= 11 is 0. The van der Waals surface area contributed by atoms with Gasteiger partial charge < -0.3 is 9.72 Å². The molecule has 2 aromatic carbocycles. The number of para-hydroxylation sites is 1. The molecule has 0 saturated carbocycles. The van der Waals surface area contributed by atoms with Crippen molar-refractivity contribution in [2.75, 3.05) is 18.1 Å². The van der Waals surface area contributed by atoms with E-state index in [1.54, 1.807) is 25.4 Å². The quantitative estimate of drug-likeness (QED) is 0.530. The Labute approximate surface area is 163 Å². The summed E-state index contributed by atoms with van der Waals surface area (Å²) in [6, 6.07) is 17.1. The van der Waals surface area contributed by atoms with Crippen LogP contribution >= 0.6 is 0 Å². The fourth-order valence-corrected chi connectivity index (χ4v) is 3.78. The third-order valence-electron chi connectivity index (χ3n) is 4.43. The summed E-state index contributed by atoms with van der Waals surface area (Å²) in [5.41, 5.74) is 5.01. The zero-order valence-electron chi connectivity index (χ0n) is 15.4. The van der Waals surface area contributed by atoms with Crippen LogP contribution in [0.25, 0.3) is 33.3 Å². The van der Waals surface area contributed by atoms with Gasteiger partial charge in [0.1, 0.15) is 11.4 Å². The second-order valence-corrected chi connectivity index (χ2v) is 8.23. The Hall–Kier alpha value is -3.32. The molecule has 4 rings (SSSR count). The molecule has 0 fully saturated rings. The molecule has 7 heteroatoms. The van der Waals surface area contributed by atoms with Gasteiger partial charge in [-0.05, 0) is 29.8 Å². The Balaban J connectivity index is 1.82. The van der Waals surface area contributed by atoms with E-state index >= 15 is 0 Å². The van der Waals surface area contributed by atoms with Crippen molar-refractivity contribution in [1.29, 1.82) is 0 Å². The smallest absolute Gasteiger partial charge is 0.229 e. The third kappa shape index (κ3) is 3.57. The van der Waals surface area contributed by atoms with E-state index in [0.717, 1.165) is 45.3 Å². The van der Waals surface area contributed by atoms with Crippen LogP contribution in [0, 0.1) is 0 Å². The minimum absolute atomic E-state index is 0.513. The van der Waals surface area contributed by atoms with Gasteiger partial charge in [0.25, 0.3) is 0 Å². The van der Waals surface area contributed by atoms with Crippen LogP contribution in [0.4, 0.5) is 5.69 Å². The maximum atomic E-state index is 11.5. The molecule has 2 aromatic heterocycles. The number of methoxy groups -OCH3 is 1. The molecule has 0 atom stereocenters. The summed E-state index contributed by atoms with van der Waals surface area (Å²) < 4.78 is 31.0. The van der Waals surface area contributed by atoms with Gasteiger partial charge in [-0.3, -0.25) is 4.72 Å². The minimum atomic E-state index is -3.34. The van der Waals surface area contributed by atoms with Gasteiger partial charge in [-0.2, -0.15) is 0 Å². The van der Waals surface area contributed by atoms with Crippen LogP contribution in [0.3, 0.4) is 0 Å². The van der Waals surface area contributed by atoms with Crippen molar-refractivity contribution in [3.8, 4) is 28.0 Å². The molecule has 0 spiro atoms. The van der Waals surface area contributed by atoms with Crippen molar-refractivity contribution in [2.45, 2.75) is 0 Å². The van der Waals surface area contributed by atoms with E-state index in [-0.39, 0.29) is 0 Å². The van der Waals surface area contributed by atoms with Gasteiger partial charge in [-0.1, -0.05) is 30.3 Å². The molecular formula is C21H19N3O3S. The number of aromatic amines is 1. The molecule has 0 aliphatic rings. The van der Waals surface area contributed by atoms with Gasteiger partial charge >= 0.3 is 0 Å². The second-order valence-electron chi connectivity index (χ2n) is 6.48. The van der Waals surface area contributed by atoms with E-state index in [2.05, 4.69) is 14.7 Å². The molecule has 6 nitrogen and oxygen atoms in total. The molecule has 0 saturated heterocycles. The zero-order valence-corrected chi connectivity index (χ0v) is 16.2. The molecule has 142 valence electrons. The SMILES string of the molecule is COc1ccccc1-c1c[nH]c2ncc(-c3cccc(NS(C)(=O)=O)c3)cc12. The van der Waals surface area contributed by atoms with Crippen molar-refractivity contribution in [3.05, 3.63) is 67.0 Å². The van der Waals surface area contributed by atoms with E-state index in [1.807, 2.05) is 48.7 Å². The molecule has 2 heterocycles. The Morgan fingerprint density at radius 1 is 1.00 bits per heavy atom. The highest BCUT2D eigenvalue weighted by molar-refractivity contribution is 7.92. The van der Waals surface area contributed by atoms with Gasteiger partial charge in [-0.25, -0.2) is 13.4 Å². The number of nitrogens with one attached hydrogen (secondary N) is 2. The third-order valence-corrected chi connectivity index (χ3v) is 5.03. The molecule has 0 aliphatic heterocycles. The first-order valence-corrected chi connectivity index (χ1v) is 10.5. The Kier molecular flexibility index (Phi) is 4.52. The number of rotatable bonds is 5. The molecule has 2 N–H and O–H groups in total. The number of sulfonamides is 1. The standard InChI is InChI=1S/C21H19N3O3S/c1-27-20-9-4-3-8-17(20)19-13-23-21-18(19)11-15(12-22-21)14-6-5-7-16(10-14)24-28(2,25)26/h3-13,24H,1-2H3,(H,22,23). The van der Waals surface area contributed by atoms with Gasteiger partial charge in [-0.15, -0.1) is 0 Å². The summed E-state index contributed by atoms with van der Waals surface area (Å²) in [6.07, 6.45) is 4.82. The fourth-order valence-electron chi connectivity index (χ4n) is 3.23. The summed E-state index contributed by atoms with van der Waals surface area (Å²) in [5, 5.41) is 0.962. The highest BCUT2D eigenvalue weighted by Gasteiger charge is 2.13. The predicted octanol–water partition coefficient (Wildman–Crippen LogP) is 4.28. The van der Waals surface area contributed by atoms with Gasteiger partial charge in [0, 0.05) is 40.2 Å². The maximum Gasteiger partial charge on any atom is 0.229 e. The van der Waals surface area contributed by atoms with E-state index in [0.29, 0.717) is 5.69 Å². The van der Waals surface area contributed by atoms with Crippen molar-refractivity contribution < 1.29 is 13.2 Å². The first-order chi connectivity index (χ1) is 13.4. The number of ether oxygens (including phenoxy) is 1. The highest BCUT2D eigenvalue weighted by atomic mass is 32.2. The van der Waals surface area contributed by atoms with Crippen molar-refractivity contribution >= 4 is 26.7 Å². The van der Waals surface area contributed by atoms with Crippen LogP contribution in [0.1, 0.15) is 0 Å². The lowest BCUT2D eigenvalue weighted by molar-refractivity contribution is 0.416. The van der Waals surface area contributed by atoms with Gasteiger partial charge in [0.15, 0.2) is 0 Å². The van der Waals surface area contributed by atoms with Crippen molar-refractivity contribution in [3.63, 3.8) is 0 Å². The Bertz CT molecular complexity index is 1260. The second kappa shape index (κ2) is 7.01. The summed E-state index contributed by atoms with van der Waals surface area (Å²) in [7, 11) is -1.69. The summed E-state index contributed by atoms with van der Waals surface area (Å²) in [6.45, 7) is 0. The lowest BCUT2D eigenvalue weighted by Gasteiger charge is -2.09.